The Morgan fingerprint density at radius 1 is 1.32 bits per heavy atom. The van der Waals surface area contributed by atoms with Gasteiger partial charge in [0.1, 0.15) is 5.76 Å². The summed E-state index contributed by atoms with van der Waals surface area (Å²) in [6, 6.07) is 5.21. The summed E-state index contributed by atoms with van der Waals surface area (Å²) in [5, 5.41) is 13.9. The number of hydrogen-bond acceptors (Lipinski definition) is 4. The van der Waals surface area contributed by atoms with Crippen LogP contribution in [0.5, 0.6) is 0 Å². The molecule has 0 bridgehead atoms. The highest BCUT2D eigenvalue weighted by molar-refractivity contribution is 5.94. The molecule has 0 saturated heterocycles. The second kappa shape index (κ2) is 7.30. The van der Waals surface area contributed by atoms with Crippen LogP contribution in [0.15, 0.2) is 22.7 Å². The smallest absolute Gasteiger partial charge is 0.408 e. The molecule has 7 nitrogen and oxygen atoms in total. The van der Waals surface area contributed by atoms with Crippen LogP contribution in [0.1, 0.15) is 57.2 Å². The van der Waals surface area contributed by atoms with Gasteiger partial charge in [-0.1, -0.05) is 11.2 Å². The number of nitrogens with zero attached hydrogens (tertiary/aromatic N) is 3. The zero-order valence-corrected chi connectivity index (χ0v) is 17.2. The maximum atomic E-state index is 12.3. The number of carboxylic acid groups (broad SMARTS) is 1. The Balaban J connectivity index is 2.22. The van der Waals surface area contributed by atoms with E-state index in [2.05, 4.69) is 5.16 Å². The van der Waals surface area contributed by atoms with Crippen LogP contribution >= 0.6 is 0 Å². The molecule has 1 aliphatic rings. The van der Waals surface area contributed by atoms with E-state index in [4.69, 9.17) is 4.52 Å². The van der Waals surface area contributed by atoms with Gasteiger partial charge in [0.25, 0.3) is 0 Å². The summed E-state index contributed by atoms with van der Waals surface area (Å²) in [7, 11) is 0. The molecule has 2 amide bonds. The van der Waals surface area contributed by atoms with E-state index >= 15 is 0 Å². The van der Waals surface area contributed by atoms with Crippen molar-refractivity contribution in [1.82, 2.24) is 10.1 Å². The summed E-state index contributed by atoms with van der Waals surface area (Å²) in [5.41, 5.74) is 4.19. The van der Waals surface area contributed by atoms with Gasteiger partial charge in [-0.05, 0) is 64.3 Å². The first kappa shape index (κ1) is 19.9. The third-order valence-corrected chi connectivity index (χ3v) is 5.43. The van der Waals surface area contributed by atoms with Crippen molar-refractivity contribution in [2.24, 2.45) is 0 Å². The molecule has 28 heavy (non-hydrogen) atoms. The van der Waals surface area contributed by atoms with Gasteiger partial charge in [-0.3, -0.25) is 9.69 Å². The van der Waals surface area contributed by atoms with Crippen LogP contribution in [-0.2, 0) is 4.79 Å². The molecular formula is C21H27N3O4. The minimum atomic E-state index is -0.961. The fourth-order valence-electron chi connectivity index (χ4n) is 4.34. The molecule has 7 heteroatoms. The molecular weight excluding hydrogens is 358 g/mol. The van der Waals surface area contributed by atoms with Crippen LogP contribution in [0.4, 0.5) is 10.5 Å². The van der Waals surface area contributed by atoms with Gasteiger partial charge in [-0.2, -0.15) is 0 Å². The molecule has 1 aliphatic heterocycles. The normalized spacial score (nSPS) is 18.9. The Labute approximate surface area is 164 Å². The zero-order chi connectivity index (χ0) is 20.7. The summed E-state index contributed by atoms with van der Waals surface area (Å²) in [6.07, 6.45) is -0.417. The maximum Gasteiger partial charge on any atom is 0.408 e. The summed E-state index contributed by atoms with van der Waals surface area (Å²) in [4.78, 5) is 27.6. The molecule has 3 rings (SSSR count). The van der Waals surface area contributed by atoms with Crippen LogP contribution in [0, 0.1) is 13.8 Å². The van der Waals surface area contributed by atoms with Gasteiger partial charge in [0.15, 0.2) is 0 Å². The van der Waals surface area contributed by atoms with Crippen LogP contribution < -0.4 is 4.90 Å². The Morgan fingerprint density at radius 3 is 2.50 bits per heavy atom. The number of hydrogen-bond donors (Lipinski definition) is 1. The molecule has 0 saturated carbocycles. The predicted molar refractivity (Wildman–Crippen MR) is 106 cm³/mol. The van der Waals surface area contributed by atoms with Crippen molar-refractivity contribution < 1.29 is 19.2 Å². The highest BCUT2D eigenvalue weighted by Gasteiger charge is 2.38. The fraction of sp³-hybridized carbons (Fsp3) is 0.476. The molecule has 1 N–H and O–H groups in total. The van der Waals surface area contributed by atoms with E-state index < -0.39 is 6.09 Å². The van der Waals surface area contributed by atoms with E-state index in [0.29, 0.717) is 12.2 Å². The maximum absolute atomic E-state index is 12.3. The Kier molecular flexibility index (Phi) is 5.19. The van der Waals surface area contributed by atoms with Crippen LogP contribution in [-0.4, -0.2) is 39.2 Å². The monoisotopic (exact) mass is 385 g/mol. The van der Waals surface area contributed by atoms with Gasteiger partial charge in [0.05, 0.1) is 11.7 Å². The number of amides is 2. The number of benzene rings is 1. The van der Waals surface area contributed by atoms with Gasteiger partial charge in [-0.25, -0.2) is 4.79 Å². The number of carbonyl (C=O) groups excluding carboxylic acids is 1. The van der Waals surface area contributed by atoms with E-state index in [-0.39, 0.29) is 24.0 Å². The first-order chi connectivity index (χ1) is 13.1. The quantitative estimate of drug-likeness (QED) is 0.838. The Hall–Kier alpha value is -2.83. The lowest BCUT2D eigenvalue weighted by molar-refractivity contribution is -0.117. The van der Waals surface area contributed by atoms with Crippen molar-refractivity contribution in [3.8, 4) is 11.1 Å². The van der Waals surface area contributed by atoms with Crippen LogP contribution in [0.25, 0.3) is 11.1 Å². The van der Waals surface area contributed by atoms with Crippen molar-refractivity contribution in [3.05, 3.63) is 35.2 Å². The molecule has 2 atom stereocenters. The Morgan fingerprint density at radius 2 is 2.00 bits per heavy atom. The largest absolute Gasteiger partial charge is 0.465 e. The van der Waals surface area contributed by atoms with Gasteiger partial charge in [0, 0.05) is 30.3 Å². The second-order valence-electron chi connectivity index (χ2n) is 7.75. The van der Waals surface area contributed by atoms with Crippen molar-refractivity contribution in [2.75, 3.05) is 4.90 Å². The molecule has 1 aromatic heterocycles. The minimum Gasteiger partial charge on any atom is -0.465 e. The third kappa shape index (κ3) is 3.25. The molecule has 2 heterocycles. The molecule has 0 fully saturated rings. The minimum absolute atomic E-state index is 0.0521. The molecule has 2 aromatic rings. The van der Waals surface area contributed by atoms with E-state index in [9.17, 15) is 14.7 Å². The first-order valence-electron chi connectivity index (χ1n) is 9.51. The van der Waals surface area contributed by atoms with E-state index in [1.807, 2.05) is 52.8 Å². The molecule has 0 aliphatic carbocycles. The van der Waals surface area contributed by atoms with Crippen molar-refractivity contribution in [3.63, 3.8) is 0 Å². The van der Waals surface area contributed by atoms with Crippen molar-refractivity contribution in [1.29, 1.82) is 0 Å². The molecule has 1 aromatic carbocycles. The highest BCUT2D eigenvalue weighted by Crippen LogP contribution is 2.43. The first-order valence-corrected chi connectivity index (χ1v) is 9.51. The standard InChI is InChI=1S/C21H27N3O4/c1-11(2)23(21(26)27)19-9-12(3)24(15(6)25)18-8-7-16(10-17(18)19)20-13(4)22-28-14(20)5/h7-8,10-12,19H,9H2,1-6H3,(H,26,27)/t12-,19+/m0/s1. The summed E-state index contributed by atoms with van der Waals surface area (Å²) >= 11 is 0. The fourth-order valence-corrected chi connectivity index (χ4v) is 4.34. The predicted octanol–water partition coefficient (Wildman–Crippen LogP) is 4.53. The van der Waals surface area contributed by atoms with Gasteiger partial charge < -0.3 is 14.5 Å². The highest BCUT2D eigenvalue weighted by atomic mass is 16.5. The van der Waals surface area contributed by atoms with E-state index in [1.54, 1.807) is 11.8 Å². The number of fused-ring (bicyclic) bond motifs is 1. The number of anilines is 1. The average molecular weight is 385 g/mol. The summed E-state index contributed by atoms with van der Waals surface area (Å²) < 4.78 is 5.30. The molecule has 0 unspecified atom stereocenters. The zero-order valence-electron chi connectivity index (χ0n) is 17.2. The average Bonchev–Trinajstić information content (AvgIpc) is 2.92. The van der Waals surface area contributed by atoms with E-state index in [1.165, 1.54) is 4.90 Å². The number of rotatable bonds is 3. The SMILES string of the molecule is CC(=O)N1c2ccc(-c3c(C)noc3C)cc2[C@H](N(C(=O)O)C(C)C)C[C@@H]1C. The number of aromatic nitrogens is 1. The van der Waals surface area contributed by atoms with E-state index in [0.717, 1.165) is 28.1 Å². The van der Waals surface area contributed by atoms with Crippen LogP contribution in [0.2, 0.25) is 0 Å². The lowest BCUT2D eigenvalue weighted by Crippen LogP contribution is -2.48. The lowest BCUT2D eigenvalue weighted by atomic mass is 9.87. The van der Waals surface area contributed by atoms with Gasteiger partial charge >= 0.3 is 6.09 Å². The van der Waals surface area contributed by atoms with Crippen LogP contribution in [0.3, 0.4) is 0 Å². The molecule has 150 valence electrons. The second-order valence-corrected chi connectivity index (χ2v) is 7.75. The summed E-state index contributed by atoms with van der Waals surface area (Å²) in [5.74, 6) is 0.657. The summed E-state index contributed by atoms with van der Waals surface area (Å²) in [6.45, 7) is 11.0. The number of carbonyl (C=O) groups is 2. The topological polar surface area (TPSA) is 86.9 Å². The van der Waals surface area contributed by atoms with Gasteiger partial charge in [0.2, 0.25) is 5.91 Å². The number of aryl methyl sites for hydroxylation is 2. The molecule has 0 radical (unpaired) electrons. The van der Waals surface area contributed by atoms with Crippen molar-refractivity contribution in [2.45, 2.75) is 66.1 Å². The molecule has 0 spiro atoms. The third-order valence-electron chi connectivity index (χ3n) is 5.43. The van der Waals surface area contributed by atoms with Gasteiger partial charge in [-0.15, -0.1) is 0 Å². The lowest BCUT2D eigenvalue weighted by Gasteiger charge is -2.43. The van der Waals surface area contributed by atoms with Crippen molar-refractivity contribution >= 4 is 17.7 Å². The Bertz CT molecular complexity index is 899.